The number of carbonyl (C=O) groups excluding carboxylic acids is 1. The number of nitrogens with one attached hydrogen (secondary N) is 3. The SMILES string of the molecule is CC(C)NC(=O)C(CCc1ccccc1)C1(c2ccc(O)cc2)Nc2ccccc2N1. The Kier molecular flexibility index (Phi) is 5.85. The lowest BCUT2D eigenvalue weighted by Gasteiger charge is -2.39. The molecular weight excluding hydrogens is 386 g/mol. The predicted molar refractivity (Wildman–Crippen MR) is 125 cm³/mol. The van der Waals surface area contributed by atoms with E-state index in [1.807, 2.05) is 68.4 Å². The Morgan fingerprint density at radius 2 is 1.48 bits per heavy atom. The summed E-state index contributed by atoms with van der Waals surface area (Å²) < 4.78 is 0. The second kappa shape index (κ2) is 8.72. The highest BCUT2D eigenvalue weighted by atomic mass is 16.3. The standard InChI is InChI=1S/C26H29N3O2/c1-18(2)27-25(31)22(17-12-19-8-4-3-5-9-19)26(20-13-15-21(30)16-14-20)28-23-10-6-7-11-24(23)29-26/h3-11,13-16,18,22,28-30H,12,17H2,1-2H3,(H,27,31). The molecule has 160 valence electrons. The number of hydrogen-bond acceptors (Lipinski definition) is 4. The fourth-order valence-corrected chi connectivity index (χ4v) is 4.29. The second-order valence-corrected chi connectivity index (χ2v) is 8.39. The zero-order valence-corrected chi connectivity index (χ0v) is 17.9. The van der Waals surface area contributed by atoms with Gasteiger partial charge in [-0.25, -0.2) is 0 Å². The van der Waals surface area contributed by atoms with Gasteiger partial charge in [0.2, 0.25) is 5.91 Å². The molecule has 0 aromatic heterocycles. The first-order valence-corrected chi connectivity index (χ1v) is 10.8. The van der Waals surface area contributed by atoms with Crippen molar-refractivity contribution in [3.63, 3.8) is 0 Å². The van der Waals surface area contributed by atoms with Crippen LogP contribution in [0.4, 0.5) is 11.4 Å². The maximum Gasteiger partial charge on any atom is 0.227 e. The van der Waals surface area contributed by atoms with Gasteiger partial charge in [0, 0.05) is 6.04 Å². The summed E-state index contributed by atoms with van der Waals surface area (Å²) in [5, 5.41) is 20.2. The summed E-state index contributed by atoms with van der Waals surface area (Å²) in [6.45, 7) is 3.95. The predicted octanol–water partition coefficient (Wildman–Crippen LogP) is 4.86. The zero-order valence-electron chi connectivity index (χ0n) is 17.9. The second-order valence-electron chi connectivity index (χ2n) is 8.39. The van der Waals surface area contributed by atoms with Crippen LogP contribution < -0.4 is 16.0 Å². The van der Waals surface area contributed by atoms with Crippen LogP contribution in [0, 0.1) is 5.92 Å². The number of phenolic OH excluding ortho intramolecular Hbond substituents is 1. The minimum absolute atomic E-state index is 0.00758. The highest BCUT2D eigenvalue weighted by molar-refractivity contribution is 5.86. The lowest BCUT2D eigenvalue weighted by molar-refractivity contribution is -0.127. The Balaban J connectivity index is 1.76. The van der Waals surface area contributed by atoms with Crippen molar-refractivity contribution in [1.29, 1.82) is 0 Å². The molecule has 3 aromatic carbocycles. The Morgan fingerprint density at radius 1 is 0.903 bits per heavy atom. The molecule has 0 fully saturated rings. The van der Waals surface area contributed by atoms with Crippen molar-refractivity contribution in [3.05, 3.63) is 90.0 Å². The van der Waals surface area contributed by atoms with Crippen LogP contribution in [0.15, 0.2) is 78.9 Å². The van der Waals surface area contributed by atoms with Gasteiger partial charge in [-0.2, -0.15) is 0 Å². The quantitative estimate of drug-likeness (QED) is 0.445. The van der Waals surface area contributed by atoms with Crippen LogP contribution in [0.25, 0.3) is 0 Å². The first-order chi connectivity index (χ1) is 15.0. The topological polar surface area (TPSA) is 73.4 Å². The molecule has 1 unspecified atom stereocenters. The molecule has 0 saturated heterocycles. The van der Waals surface area contributed by atoms with Crippen LogP contribution in [0.5, 0.6) is 5.75 Å². The third-order valence-corrected chi connectivity index (χ3v) is 5.75. The van der Waals surface area contributed by atoms with Crippen LogP contribution in [-0.4, -0.2) is 17.1 Å². The van der Waals surface area contributed by atoms with Gasteiger partial charge in [0.25, 0.3) is 0 Å². The first-order valence-electron chi connectivity index (χ1n) is 10.8. The fourth-order valence-electron chi connectivity index (χ4n) is 4.29. The highest BCUT2D eigenvalue weighted by Gasteiger charge is 2.48. The van der Waals surface area contributed by atoms with Crippen molar-refractivity contribution in [3.8, 4) is 5.75 Å². The Labute approximate surface area is 183 Å². The van der Waals surface area contributed by atoms with Gasteiger partial charge in [-0.05, 0) is 62.1 Å². The number of benzene rings is 3. The number of rotatable bonds is 7. The zero-order chi connectivity index (χ0) is 21.8. The number of carbonyl (C=O) groups is 1. The summed E-state index contributed by atoms with van der Waals surface area (Å²) in [6.07, 6.45) is 1.42. The molecule has 5 nitrogen and oxygen atoms in total. The van der Waals surface area contributed by atoms with Gasteiger partial charge >= 0.3 is 0 Å². The van der Waals surface area contributed by atoms with Gasteiger partial charge in [0.1, 0.15) is 11.4 Å². The average molecular weight is 416 g/mol. The third-order valence-electron chi connectivity index (χ3n) is 5.75. The van der Waals surface area contributed by atoms with Crippen molar-refractivity contribution in [2.24, 2.45) is 5.92 Å². The van der Waals surface area contributed by atoms with E-state index in [0.29, 0.717) is 6.42 Å². The van der Waals surface area contributed by atoms with Crippen molar-refractivity contribution in [2.75, 3.05) is 10.6 Å². The third kappa shape index (κ3) is 4.36. The minimum Gasteiger partial charge on any atom is -0.508 e. The van der Waals surface area contributed by atoms with Gasteiger partial charge in [-0.1, -0.05) is 54.6 Å². The van der Waals surface area contributed by atoms with E-state index in [0.717, 1.165) is 23.4 Å². The van der Waals surface area contributed by atoms with E-state index in [4.69, 9.17) is 0 Å². The van der Waals surface area contributed by atoms with Crippen LogP contribution in [0.2, 0.25) is 0 Å². The number of aryl methyl sites for hydroxylation is 1. The van der Waals surface area contributed by atoms with Gasteiger partial charge in [-0.15, -0.1) is 0 Å². The first kappa shape index (κ1) is 20.8. The van der Waals surface area contributed by atoms with Gasteiger partial charge < -0.3 is 21.1 Å². The Hall–Kier alpha value is -3.47. The number of anilines is 2. The molecule has 4 N–H and O–H groups in total. The molecule has 31 heavy (non-hydrogen) atoms. The van der Waals surface area contributed by atoms with Crippen LogP contribution in [-0.2, 0) is 16.9 Å². The number of aromatic hydroxyl groups is 1. The minimum atomic E-state index is -0.828. The molecule has 1 heterocycles. The maximum atomic E-state index is 13.5. The molecule has 1 aliphatic heterocycles. The van der Waals surface area contributed by atoms with E-state index >= 15 is 0 Å². The summed E-state index contributed by atoms with van der Waals surface area (Å²) in [5.74, 6) is -0.208. The van der Waals surface area contributed by atoms with E-state index in [9.17, 15) is 9.90 Å². The van der Waals surface area contributed by atoms with Crippen LogP contribution in [0.1, 0.15) is 31.4 Å². The molecule has 3 aromatic rings. The number of phenols is 1. The van der Waals surface area contributed by atoms with Crippen molar-refractivity contribution in [2.45, 2.75) is 38.4 Å². The van der Waals surface area contributed by atoms with Gasteiger partial charge in [0.05, 0.1) is 17.3 Å². The molecule has 1 atom stereocenters. The molecule has 4 rings (SSSR count). The molecular formula is C26H29N3O2. The molecule has 1 amide bonds. The van der Waals surface area contributed by atoms with E-state index < -0.39 is 11.6 Å². The van der Waals surface area contributed by atoms with E-state index in [2.05, 4.69) is 28.1 Å². The highest BCUT2D eigenvalue weighted by Crippen LogP contribution is 2.45. The van der Waals surface area contributed by atoms with Crippen LogP contribution >= 0.6 is 0 Å². The molecule has 0 bridgehead atoms. The summed E-state index contributed by atoms with van der Waals surface area (Å²) >= 11 is 0. The van der Waals surface area contributed by atoms with E-state index in [1.165, 1.54) is 5.56 Å². The summed E-state index contributed by atoms with van der Waals surface area (Å²) in [6, 6.07) is 25.3. The number of para-hydroxylation sites is 2. The molecule has 0 radical (unpaired) electrons. The summed E-state index contributed by atoms with van der Waals surface area (Å²) in [4.78, 5) is 13.5. The fraction of sp³-hybridized carbons (Fsp3) is 0.269. The smallest absolute Gasteiger partial charge is 0.227 e. The molecule has 5 heteroatoms. The monoisotopic (exact) mass is 415 g/mol. The molecule has 0 aliphatic carbocycles. The maximum absolute atomic E-state index is 13.5. The number of hydrogen-bond donors (Lipinski definition) is 4. The molecule has 1 aliphatic rings. The normalized spacial score (nSPS) is 14.9. The largest absolute Gasteiger partial charge is 0.508 e. The van der Waals surface area contributed by atoms with Crippen LogP contribution in [0.3, 0.4) is 0 Å². The number of fused-ring (bicyclic) bond motifs is 1. The Bertz CT molecular complexity index is 1010. The average Bonchev–Trinajstić information content (AvgIpc) is 3.15. The Morgan fingerprint density at radius 3 is 2.06 bits per heavy atom. The summed E-state index contributed by atoms with van der Waals surface area (Å²) in [5.41, 5.74) is 3.18. The molecule has 0 spiro atoms. The summed E-state index contributed by atoms with van der Waals surface area (Å²) in [7, 11) is 0. The van der Waals surface area contributed by atoms with Gasteiger partial charge in [0.15, 0.2) is 0 Å². The lowest BCUT2D eigenvalue weighted by Crippen LogP contribution is -2.53. The number of amides is 1. The lowest BCUT2D eigenvalue weighted by atomic mass is 9.81. The van der Waals surface area contributed by atoms with E-state index in [-0.39, 0.29) is 17.7 Å². The van der Waals surface area contributed by atoms with Crippen molar-refractivity contribution in [1.82, 2.24) is 5.32 Å². The van der Waals surface area contributed by atoms with Gasteiger partial charge in [-0.3, -0.25) is 4.79 Å². The van der Waals surface area contributed by atoms with E-state index in [1.54, 1.807) is 12.1 Å². The van der Waals surface area contributed by atoms with Crippen molar-refractivity contribution < 1.29 is 9.90 Å². The molecule has 0 saturated carbocycles. The van der Waals surface area contributed by atoms with Crippen molar-refractivity contribution >= 4 is 17.3 Å².